The number of amides is 1. The molecule has 3 heterocycles. The highest BCUT2D eigenvalue weighted by atomic mass is 79.9. The van der Waals surface area contributed by atoms with E-state index in [0.717, 1.165) is 18.9 Å². The lowest BCUT2D eigenvalue weighted by molar-refractivity contribution is 0.0123. The van der Waals surface area contributed by atoms with Crippen molar-refractivity contribution in [1.82, 2.24) is 14.9 Å². The molecule has 6 nitrogen and oxygen atoms in total. The molecule has 0 radical (unpaired) electrons. The average Bonchev–Trinajstić information content (AvgIpc) is 2.87. The maximum atomic E-state index is 14.7. The van der Waals surface area contributed by atoms with E-state index in [1.807, 2.05) is 25.7 Å². The Hall–Kier alpha value is -1.74. The summed E-state index contributed by atoms with van der Waals surface area (Å²) in [6.07, 6.45) is 1.26. The summed E-state index contributed by atoms with van der Waals surface area (Å²) >= 11 is 9.02. The molecule has 0 spiro atoms. The largest absolute Gasteiger partial charge is 0.444 e. The van der Waals surface area contributed by atoms with Gasteiger partial charge in [0.1, 0.15) is 22.8 Å². The summed E-state index contributed by atoms with van der Waals surface area (Å²) in [4.78, 5) is 24.4. The zero-order chi connectivity index (χ0) is 21.1. The Kier molecular flexibility index (Phi) is 5.09. The second-order valence-corrected chi connectivity index (χ2v) is 9.56. The molecule has 156 valence electrons. The molecule has 0 aliphatic carbocycles. The third-order valence-corrected chi connectivity index (χ3v) is 5.90. The monoisotopic (exact) mass is 488 g/mol. The Morgan fingerprint density at radius 3 is 2.45 bits per heavy atom. The van der Waals surface area contributed by atoms with Crippen LogP contribution < -0.4 is 4.90 Å². The van der Waals surface area contributed by atoms with E-state index in [9.17, 15) is 13.6 Å². The molecule has 1 aromatic heterocycles. The molecule has 2 fully saturated rings. The van der Waals surface area contributed by atoms with Crippen LogP contribution in [0.3, 0.4) is 0 Å². The number of carbonyl (C=O) groups excluding carboxylic acids is 1. The van der Waals surface area contributed by atoms with E-state index in [1.165, 1.54) is 0 Å². The fourth-order valence-corrected chi connectivity index (χ4v) is 4.63. The molecule has 2 bridgehead atoms. The minimum absolute atomic E-state index is 0.0137. The fraction of sp³-hybridized carbons (Fsp3) is 0.526. The first-order valence-corrected chi connectivity index (χ1v) is 10.5. The third kappa shape index (κ3) is 3.74. The summed E-state index contributed by atoms with van der Waals surface area (Å²) < 4.78 is 34.8. The van der Waals surface area contributed by atoms with Crippen LogP contribution in [0.1, 0.15) is 33.6 Å². The molecule has 0 saturated carbocycles. The van der Waals surface area contributed by atoms with Crippen molar-refractivity contribution in [2.24, 2.45) is 0 Å². The van der Waals surface area contributed by atoms with Crippen molar-refractivity contribution in [3.63, 3.8) is 0 Å². The first-order chi connectivity index (χ1) is 13.5. The summed E-state index contributed by atoms with van der Waals surface area (Å²) in [5, 5.41) is -0.175. The molecule has 2 aliphatic rings. The van der Waals surface area contributed by atoms with Crippen LogP contribution in [-0.4, -0.2) is 51.7 Å². The smallest absolute Gasteiger partial charge is 0.410 e. The lowest BCUT2D eigenvalue weighted by Gasteiger charge is -2.42. The molecule has 29 heavy (non-hydrogen) atoms. The highest BCUT2D eigenvalue weighted by Gasteiger charge is 2.45. The second-order valence-electron chi connectivity index (χ2n) is 8.37. The van der Waals surface area contributed by atoms with Gasteiger partial charge < -0.3 is 9.64 Å². The van der Waals surface area contributed by atoms with E-state index in [0.29, 0.717) is 13.1 Å². The van der Waals surface area contributed by atoms with E-state index >= 15 is 0 Å². The Morgan fingerprint density at radius 2 is 1.86 bits per heavy atom. The molecule has 2 atom stereocenters. The number of fused-ring (bicyclic) bond motifs is 3. The number of halogens is 4. The Labute approximate surface area is 180 Å². The van der Waals surface area contributed by atoms with E-state index in [-0.39, 0.29) is 44.7 Å². The minimum atomic E-state index is -0.692. The van der Waals surface area contributed by atoms with Crippen LogP contribution in [0.4, 0.5) is 19.4 Å². The number of nitrogens with zero attached hydrogens (tertiary/aromatic N) is 4. The van der Waals surface area contributed by atoms with Crippen LogP contribution in [0.2, 0.25) is 5.28 Å². The summed E-state index contributed by atoms with van der Waals surface area (Å²) in [6.45, 7) is 6.33. The second kappa shape index (κ2) is 7.19. The quantitative estimate of drug-likeness (QED) is 0.421. The summed E-state index contributed by atoms with van der Waals surface area (Å²) in [7, 11) is 0. The van der Waals surface area contributed by atoms with Gasteiger partial charge in [-0.25, -0.2) is 18.6 Å². The highest BCUT2D eigenvalue weighted by Crippen LogP contribution is 2.38. The van der Waals surface area contributed by atoms with Crippen LogP contribution in [-0.2, 0) is 4.74 Å². The van der Waals surface area contributed by atoms with E-state index in [1.54, 1.807) is 4.90 Å². The van der Waals surface area contributed by atoms with E-state index in [4.69, 9.17) is 16.3 Å². The maximum absolute atomic E-state index is 14.7. The summed E-state index contributed by atoms with van der Waals surface area (Å²) in [5.41, 5.74) is -0.758. The van der Waals surface area contributed by atoms with Gasteiger partial charge in [0.15, 0.2) is 5.82 Å². The molecule has 4 rings (SSSR count). The minimum Gasteiger partial charge on any atom is -0.444 e. The van der Waals surface area contributed by atoms with Gasteiger partial charge in [0.2, 0.25) is 5.28 Å². The molecule has 1 amide bonds. The predicted molar refractivity (Wildman–Crippen MR) is 109 cm³/mol. The average molecular weight is 490 g/mol. The van der Waals surface area contributed by atoms with Gasteiger partial charge >= 0.3 is 6.09 Å². The molecule has 2 aliphatic heterocycles. The molecule has 2 unspecified atom stereocenters. The first-order valence-electron chi connectivity index (χ1n) is 9.32. The number of piperazine rings is 1. The van der Waals surface area contributed by atoms with Gasteiger partial charge in [0.05, 0.1) is 21.9 Å². The summed E-state index contributed by atoms with van der Waals surface area (Å²) in [5.74, 6) is -1.09. The zero-order valence-electron chi connectivity index (χ0n) is 16.2. The molecule has 2 saturated heterocycles. The lowest BCUT2D eigenvalue weighted by atomic mass is 10.1. The number of benzene rings is 1. The van der Waals surface area contributed by atoms with Crippen molar-refractivity contribution in [2.45, 2.75) is 51.3 Å². The Balaban J connectivity index is 1.70. The van der Waals surface area contributed by atoms with Gasteiger partial charge in [0, 0.05) is 13.1 Å². The lowest BCUT2D eigenvalue weighted by Crippen LogP contribution is -2.57. The molecule has 0 N–H and O–H groups in total. The standard InChI is InChI=1S/C19H20BrClF2N4O2/c1-19(2,3)29-18(28)27-9-4-5-10(27)8-26(7-9)16-13-12(22)6-11(20)14(23)15(13)24-17(21)25-16/h6,9-10H,4-5,7-8H2,1-3H3. The van der Waals surface area contributed by atoms with Crippen molar-refractivity contribution < 1.29 is 18.3 Å². The number of hydrogen-bond acceptors (Lipinski definition) is 5. The molecule has 2 aromatic rings. The van der Waals surface area contributed by atoms with Gasteiger partial charge in [0.25, 0.3) is 0 Å². The van der Waals surface area contributed by atoms with Crippen molar-refractivity contribution >= 4 is 50.3 Å². The van der Waals surface area contributed by atoms with Crippen LogP contribution in [0.25, 0.3) is 10.9 Å². The predicted octanol–water partition coefficient (Wildman–Crippen LogP) is 4.91. The van der Waals surface area contributed by atoms with Crippen LogP contribution in [0.5, 0.6) is 0 Å². The van der Waals surface area contributed by atoms with Crippen molar-refractivity contribution in [1.29, 1.82) is 0 Å². The highest BCUT2D eigenvalue weighted by molar-refractivity contribution is 9.10. The fourth-order valence-electron chi connectivity index (χ4n) is 4.08. The first kappa shape index (κ1) is 20.5. The van der Waals surface area contributed by atoms with Gasteiger partial charge in [-0.15, -0.1) is 0 Å². The Bertz CT molecular complexity index is 987. The molecular weight excluding hydrogens is 470 g/mol. The SMILES string of the molecule is CC(C)(C)OC(=O)N1C2CCC1CN(c1nc(Cl)nc3c(F)c(Br)cc(F)c13)C2. The van der Waals surface area contributed by atoms with Gasteiger partial charge in [-0.2, -0.15) is 4.98 Å². The number of aromatic nitrogens is 2. The topological polar surface area (TPSA) is 58.6 Å². The molecule has 10 heteroatoms. The van der Waals surface area contributed by atoms with Gasteiger partial charge in [-0.3, -0.25) is 4.90 Å². The number of rotatable bonds is 1. The molecule has 1 aromatic carbocycles. The number of hydrogen-bond donors (Lipinski definition) is 0. The van der Waals surface area contributed by atoms with Crippen molar-refractivity contribution in [3.8, 4) is 0 Å². The summed E-state index contributed by atoms with van der Waals surface area (Å²) in [6, 6.07) is 0.857. The van der Waals surface area contributed by atoms with Crippen molar-refractivity contribution in [3.05, 3.63) is 27.5 Å². The van der Waals surface area contributed by atoms with Crippen LogP contribution in [0.15, 0.2) is 10.5 Å². The number of ether oxygens (including phenoxy) is 1. The normalized spacial score (nSPS) is 21.8. The zero-order valence-corrected chi connectivity index (χ0v) is 18.5. The van der Waals surface area contributed by atoms with E-state index < -0.39 is 17.2 Å². The Morgan fingerprint density at radius 1 is 1.24 bits per heavy atom. The van der Waals surface area contributed by atoms with Crippen LogP contribution in [0, 0.1) is 11.6 Å². The van der Waals surface area contributed by atoms with Gasteiger partial charge in [-0.05, 0) is 67.2 Å². The number of anilines is 1. The van der Waals surface area contributed by atoms with E-state index in [2.05, 4.69) is 25.9 Å². The molecular formula is C19H20BrClF2N4O2. The number of carbonyl (C=O) groups is 1. The van der Waals surface area contributed by atoms with Crippen molar-refractivity contribution in [2.75, 3.05) is 18.0 Å². The van der Waals surface area contributed by atoms with Gasteiger partial charge in [-0.1, -0.05) is 0 Å². The third-order valence-electron chi connectivity index (χ3n) is 5.16. The maximum Gasteiger partial charge on any atom is 0.410 e. The van der Waals surface area contributed by atoms with Crippen LogP contribution >= 0.6 is 27.5 Å².